The Morgan fingerprint density at radius 2 is 2.06 bits per heavy atom. The molecule has 0 spiro atoms. The van der Waals surface area contributed by atoms with E-state index in [1.54, 1.807) is 17.1 Å². The molecule has 11 heteroatoms. The van der Waals surface area contributed by atoms with Gasteiger partial charge in [0.05, 0.1) is 24.6 Å². The maximum Gasteiger partial charge on any atom is 0.407 e. The number of alkyl carbamates (subject to hydrolysis) is 1. The van der Waals surface area contributed by atoms with Crippen LogP contribution in [0.3, 0.4) is 0 Å². The highest BCUT2D eigenvalue weighted by Gasteiger charge is 2.22. The average molecular weight is 455 g/mol. The Hall–Kier alpha value is -3.34. The van der Waals surface area contributed by atoms with E-state index >= 15 is 0 Å². The molecule has 1 saturated carbocycles. The van der Waals surface area contributed by atoms with Gasteiger partial charge in [0.15, 0.2) is 10.8 Å². The quantitative estimate of drug-likeness (QED) is 0.483. The fourth-order valence-electron chi connectivity index (χ4n) is 2.88. The highest BCUT2D eigenvalue weighted by atomic mass is 32.1. The molecule has 3 heterocycles. The van der Waals surface area contributed by atoms with Crippen LogP contribution >= 0.6 is 12.2 Å². The number of carbonyl (C=O) groups is 1. The van der Waals surface area contributed by atoms with Crippen molar-refractivity contribution in [2.75, 3.05) is 11.9 Å². The summed E-state index contributed by atoms with van der Waals surface area (Å²) in [4.78, 5) is 25.4. The number of hydrogen-bond donors (Lipinski definition) is 3. The Morgan fingerprint density at radius 1 is 1.25 bits per heavy atom. The third-order valence-electron chi connectivity index (χ3n) is 4.50. The lowest BCUT2D eigenvalue weighted by Gasteiger charge is -2.19. The molecule has 10 nitrogen and oxygen atoms in total. The predicted octanol–water partition coefficient (Wildman–Crippen LogP) is 2.86. The van der Waals surface area contributed by atoms with Crippen molar-refractivity contribution in [2.45, 2.75) is 51.8 Å². The molecule has 0 aromatic carbocycles. The molecule has 168 valence electrons. The average Bonchev–Trinajstić information content (AvgIpc) is 3.39. The molecule has 1 aliphatic rings. The van der Waals surface area contributed by atoms with E-state index in [1.165, 1.54) is 0 Å². The summed E-state index contributed by atoms with van der Waals surface area (Å²) >= 11 is 5.31. The minimum Gasteiger partial charge on any atom is -0.444 e. The minimum atomic E-state index is -0.528. The van der Waals surface area contributed by atoms with Crippen molar-refractivity contribution in [1.29, 1.82) is 0 Å². The van der Waals surface area contributed by atoms with Crippen molar-refractivity contribution in [1.82, 2.24) is 35.4 Å². The maximum atomic E-state index is 11.7. The lowest BCUT2D eigenvalue weighted by Crippen LogP contribution is -2.34. The van der Waals surface area contributed by atoms with E-state index in [2.05, 4.69) is 36.0 Å². The van der Waals surface area contributed by atoms with Gasteiger partial charge in [-0.1, -0.05) is 0 Å². The molecule has 0 atom stereocenters. The van der Waals surface area contributed by atoms with Crippen LogP contribution in [0.25, 0.3) is 22.4 Å². The van der Waals surface area contributed by atoms with Gasteiger partial charge in [0.1, 0.15) is 16.9 Å². The third kappa shape index (κ3) is 6.10. The summed E-state index contributed by atoms with van der Waals surface area (Å²) in [6.07, 6.45) is 7.09. The van der Waals surface area contributed by atoms with Gasteiger partial charge in [-0.3, -0.25) is 9.67 Å². The lowest BCUT2D eigenvalue weighted by molar-refractivity contribution is 0.0525. The molecule has 1 fully saturated rings. The number of amides is 1. The smallest absolute Gasteiger partial charge is 0.407 e. The van der Waals surface area contributed by atoms with Gasteiger partial charge in [-0.05, 0) is 58.0 Å². The van der Waals surface area contributed by atoms with E-state index in [0.717, 1.165) is 18.4 Å². The Morgan fingerprint density at radius 3 is 2.81 bits per heavy atom. The maximum absolute atomic E-state index is 11.7. The van der Waals surface area contributed by atoms with Crippen LogP contribution in [-0.4, -0.2) is 54.1 Å². The van der Waals surface area contributed by atoms with Crippen LogP contribution in [-0.2, 0) is 11.3 Å². The number of hydrogen-bond acceptors (Lipinski definition) is 7. The molecule has 3 aromatic heterocycles. The number of carbonyl (C=O) groups excluding carboxylic acids is 1. The first-order valence-corrected chi connectivity index (χ1v) is 10.9. The molecule has 0 bridgehead atoms. The number of rotatable bonds is 6. The number of nitrogens with one attached hydrogen (secondary N) is 3. The van der Waals surface area contributed by atoms with Crippen LogP contribution in [0.2, 0.25) is 0 Å². The summed E-state index contributed by atoms with van der Waals surface area (Å²) in [5.41, 5.74) is 2.14. The zero-order valence-corrected chi connectivity index (χ0v) is 19.1. The predicted molar refractivity (Wildman–Crippen MR) is 125 cm³/mol. The second-order valence-corrected chi connectivity index (χ2v) is 9.00. The van der Waals surface area contributed by atoms with Gasteiger partial charge in [-0.25, -0.2) is 14.8 Å². The fourth-order valence-corrected chi connectivity index (χ4v) is 3.15. The molecule has 0 radical (unpaired) electrons. The van der Waals surface area contributed by atoms with Crippen LogP contribution in [0, 0.1) is 0 Å². The summed E-state index contributed by atoms with van der Waals surface area (Å²) in [6.45, 7) is 6.36. The van der Waals surface area contributed by atoms with Gasteiger partial charge in [0.2, 0.25) is 0 Å². The Bertz CT molecular complexity index is 1140. The topological polar surface area (TPSA) is 119 Å². The Kier molecular flexibility index (Phi) is 6.17. The van der Waals surface area contributed by atoms with E-state index in [-0.39, 0.29) is 0 Å². The summed E-state index contributed by atoms with van der Waals surface area (Å²) < 4.78 is 6.95. The number of nitrogens with zero attached hydrogens (tertiary/aromatic N) is 5. The monoisotopic (exact) mass is 454 g/mol. The van der Waals surface area contributed by atoms with Gasteiger partial charge >= 0.3 is 6.09 Å². The van der Waals surface area contributed by atoms with Gasteiger partial charge in [0.25, 0.3) is 0 Å². The molecule has 0 unspecified atom stereocenters. The first kappa shape index (κ1) is 21.9. The van der Waals surface area contributed by atoms with Crippen molar-refractivity contribution < 1.29 is 9.53 Å². The second-order valence-electron chi connectivity index (χ2n) is 8.59. The normalized spacial score (nSPS) is 13.6. The lowest BCUT2D eigenvalue weighted by atomic mass is 10.2. The summed E-state index contributed by atoms with van der Waals surface area (Å²) in [5, 5.41) is 13.9. The number of aromatic nitrogens is 5. The van der Waals surface area contributed by atoms with E-state index in [9.17, 15) is 4.79 Å². The standard InChI is InChI=1S/C21H26N8O2S/c1-21(2,3)31-20(30)22-8-9-29-12-13(10-24-29)16-11-23-15-6-7-17(27-18(15)26-16)28-19(32)25-14-4-5-14/h6-7,10-12,14H,4-5,8-9H2,1-3H3,(H,22,30)(H2,25,26,27,28,32). The van der Waals surface area contributed by atoms with Gasteiger partial charge < -0.3 is 20.7 Å². The van der Waals surface area contributed by atoms with Gasteiger partial charge in [-0.15, -0.1) is 0 Å². The number of anilines is 1. The van der Waals surface area contributed by atoms with Crippen LogP contribution in [0.5, 0.6) is 0 Å². The fraction of sp³-hybridized carbons (Fsp3) is 0.429. The van der Waals surface area contributed by atoms with Gasteiger partial charge in [0, 0.05) is 24.3 Å². The van der Waals surface area contributed by atoms with Crippen molar-refractivity contribution in [3.63, 3.8) is 0 Å². The van der Waals surface area contributed by atoms with Crippen molar-refractivity contribution in [3.05, 3.63) is 30.7 Å². The first-order chi connectivity index (χ1) is 15.2. The molecule has 1 amide bonds. The van der Waals surface area contributed by atoms with Crippen molar-refractivity contribution in [3.8, 4) is 11.3 Å². The van der Waals surface area contributed by atoms with E-state index in [4.69, 9.17) is 17.0 Å². The van der Waals surface area contributed by atoms with Crippen LogP contribution in [0.4, 0.5) is 10.6 Å². The number of fused-ring (bicyclic) bond motifs is 1. The number of thiocarbonyl (C=S) groups is 1. The summed E-state index contributed by atoms with van der Waals surface area (Å²) in [7, 11) is 0. The van der Waals surface area contributed by atoms with E-state index < -0.39 is 11.7 Å². The number of pyridine rings is 1. The van der Waals surface area contributed by atoms with Crippen LogP contribution in [0.15, 0.2) is 30.7 Å². The third-order valence-corrected chi connectivity index (χ3v) is 4.72. The summed E-state index contributed by atoms with van der Waals surface area (Å²) in [6, 6.07) is 4.15. The Balaban J connectivity index is 1.39. The van der Waals surface area contributed by atoms with Crippen molar-refractivity contribution in [2.24, 2.45) is 0 Å². The highest BCUT2D eigenvalue weighted by Crippen LogP contribution is 2.20. The van der Waals surface area contributed by atoms with Crippen molar-refractivity contribution >= 4 is 40.4 Å². The van der Waals surface area contributed by atoms with Crippen LogP contribution in [0.1, 0.15) is 33.6 Å². The van der Waals surface area contributed by atoms with E-state index in [0.29, 0.717) is 46.9 Å². The first-order valence-electron chi connectivity index (χ1n) is 10.5. The molecule has 4 rings (SSSR count). The molecule has 1 aliphatic carbocycles. The number of ether oxygens (including phenoxy) is 1. The molecule has 0 saturated heterocycles. The molecule has 3 N–H and O–H groups in total. The summed E-state index contributed by atoms with van der Waals surface area (Å²) in [5.74, 6) is 0.617. The SMILES string of the molecule is CC(C)(C)OC(=O)NCCn1cc(-c2cnc3ccc(NC(=S)NC4CC4)nc3n2)cn1. The Labute approximate surface area is 191 Å². The molecule has 3 aromatic rings. The largest absolute Gasteiger partial charge is 0.444 e. The van der Waals surface area contributed by atoms with E-state index in [1.807, 2.05) is 39.1 Å². The molecular formula is C21H26N8O2S. The zero-order chi connectivity index (χ0) is 22.7. The van der Waals surface area contributed by atoms with Gasteiger partial charge in [-0.2, -0.15) is 5.10 Å². The molecule has 0 aliphatic heterocycles. The molecular weight excluding hydrogens is 428 g/mol. The second kappa shape index (κ2) is 9.03. The highest BCUT2D eigenvalue weighted by molar-refractivity contribution is 7.80. The molecule has 32 heavy (non-hydrogen) atoms. The zero-order valence-electron chi connectivity index (χ0n) is 18.3. The minimum absolute atomic E-state index is 0.394. The van der Waals surface area contributed by atoms with Crippen LogP contribution < -0.4 is 16.0 Å².